The largest absolute Gasteiger partial charge is 0.342 e. The van der Waals surface area contributed by atoms with Gasteiger partial charge in [0.25, 0.3) is 0 Å². The number of sulfone groups is 1. The van der Waals surface area contributed by atoms with Crippen LogP contribution in [0.2, 0.25) is 0 Å². The Morgan fingerprint density at radius 1 is 1.09 bits per heavy atom. The van der Waals surface area contributed by atoms with Gasteiger partial charge in [0.1, 0.15) is 5.25 Å². The number of hydrogen-bond donors (Lipinski definition) is 0. The molecule has 1 amide bonds. The molecule has 0 aromatic heterocycles. The molecule has 23 heavy (non-hydrogen) atoms. The third kappa shape index (κ3) is 4.14. The lowest BCUT2D eigenvalue weighted by atomic mass is 9.92. The molecule has 2 atom stereocenters. The lowest BCUT2D eigenvalue weighted by Crippen LogP contribution is -2.44. The summed E-state index contributed by atoms with van der Waals surface area (Å²) in [6.45, 7) is 6.08. The monoisotopic (exact) mass is 337 g/mol. The van der Waals surface area contributed by atoms with Gasteiger partial charge in [-0.2, -0.15) is 0 Å². The molecule has 0 unspecified atom stereocenters. The van der Waals surface area contributed by atoms with Gasteiger partial charge in [-0.1, -0.05) is 30.3 Å². The van der Waals surface area contributed by atoms with E-state index in [-0.39, 0.29) is 5.91 Å². The normalized spacial score (nSPS) is 21.0. The predicted molar refractivity (Wildman–Crippen MR) is 93.1 cm³/mol. The summed E-state index contributed by atoms with van der Waals surface area (Å²) in [4.78, 5) is 14.3. The summed E-state index contributed by atoms with van der Waals surface area (Å²) in [7, 11) is -3.39. The van der Waals surface area contributed by atoms with Crippen molar-refractivity contribution in [3.05, 3.63) is 35.9 Å². The van der Waals surface area contributed by atoms with Crippen LogP contribution in [0.5, 0.6) is 0 Å². The van der Waals surface area contributed by atoms with Gasteiger partial charge in [-0.25, -0.2) is 8.42 Å². The molecular formula is C18H27NO3S. The first kappa shape index (κ1) is 18.0. The van der Waals surface area contributed by atoms with Gasteiger partial charge in [-0.05, 0) is 51.5 Å². The first-order valence-corrected chi connectivity index (χ1v) is 10.0. The van der Waals surface area contributed by atoms with E-state index < -0.39 is 20.3 Å². The first-order chi connectivity index (χ1) is 10.8. The highest BCUT2D eigenvalue weighted by atomic mass is 32.2. The van der Waals surface area contributed by atoms with E-state index >= 15 is 0 Å². The molecule has 0 radical (unpaired) electrons. The lowest BCUT2D eigenvalue weighted by Gasteiger charge is -2.25. The Morgan fingerprint density at radius 2 is 1.74 bits per heavy atom. The number of benzene rings is 1. The van der Waals surface area contributed by atoms with Gasteiger partial charge in [0.15, 0.2) is 9.84 Å². The molecule has 1 aliphatic heterocycles. The van der Waals surface area contributed by atoms with Crippen LogP contribution in [-0.2, 0) is 14.6 Å². The number of rotatable bonds is 4. The van der Waals surface area contributed by atoms with Crippen molar-refractivity contribution in [3.8, 4) is 0 Å². The van der Waals surface area contributed by atoms with E-state index in [9.17, 15) is 13.2 Å². The Balaban J connectivity index is 2.04. The van der Waals surface area contributed by atoms with E-state index in [1.54, 1.807) is 18.7 Å². The Hall–Kier alpha value is -1.36. The van der Waals surface area contributed by atoms with Crippen molar-refractivity contribution in [2.75, 3.05) is 13.1 Å². The summed E-state index contributed by atoms with van der Waals surface area (Å²) in [5.74, 6) is 0.207. The fourth-order valence-electron chi connectivity index (χ4n) is 3.18. The molecule has 1 aromatic carbocycles. The molecule has 1 heterocycles. The van der Waals surface area contributed by atoms with E-state index in [4.69, 9.17) is 0 Å². The maximum atomic E-state index is 12.6. The Kier molecular flexibility index (Phi) is 5.84. The molecule has 0 saturated carbocycles. The molecular weight excluding hydrogens is 310 g/mol. The highest BCUT2D eigenvalue weighted by Crippen LogP contribution is 2.28. The molecule has 1 saturated heterocycles. The SMILES string of the molecule is CC(C)S(=O)(=O)[C@@H](C)C(=O)N1CCC[C@H](c2ccccc2)CC1. The predicted octanol–water partition coefficient (Wildman–Crippen LogP) is 2.99. The van der Waals surface area contributed by atoms with Crippen LogP contribution >= 0.6 is 0 Å². The molecule has 1 fully saturated rings. The summed E-state index contributed by atoms with van der Waals surface area (Å²) < 4.78 is 24.5. The topological polar surface area (TPSA) is 54.5 Å². The molecule has 0 N–H and O–H groups in total. The number of nitrogens with zero attached hydrogens (tertiary/aromatic N) is 1. The minimum atomic E-state index is -3.39. The van der Waals surface area contributed by atoms with Gasteiger partial charge in [-0.3, -0.25) is 4.79 Å². The van der Waals surface area contributed by atoms with Gasteiger partial charge < -0.3 is 4.90 Å². The molecule has 2 rings (SSSR count). The van der Waals surface area contributed by atoms with Gasteiger partial charge in [0.2, 0.25) is 5.91 Å². The summed E-state index contributed by atoms with van der Waals surface area (Å²) in [6.07, 6.45) is 2.85. The highest BCUT2D eigenvalue weighted by Gasteiger charge is 2.34. The average Bonchev–Trinajstić information content (AvgIpc) is 2.80. The molecule has 0 spiro atoms. The number of amides is 1. The summed E-state index contributed by atoms with van der Waals surface area (Å²) in [6, 6.07) is 10.4. The van der Waals surface area contributed by atoms with Crippen LogP contribution in [0.1, 0.15) is 51.5 Å². The van der Waals surface area contributed by atoms with Gasteiger partial charge >= 0.3 is 0 Å². The van der Waals surface area contributed by atoms with Crippen LogP contribution < -0.4 is 0 Å². The van der Waals surface area contributed by atoms with E-state index in [0.29, 0.717) is 19.0 Å². The summed E-state index contributed by atoms with van der Waals surface area (Å²) in [5, 5.41) is -1.47. The standard InChI is InChI=1S/C18H27NO3S/c1-14(2)23(21,22)15(3)18(20)19-12-7-10-17(11-13-19)16-8-5-4-6-9-16/h4-6,8-9,14-15,17H,7,10-13H2,1-3H3/t15-,17-/m0/s1. The second-order valence-corrected chi connectivity index (χ2v) is 9.47. The van der Waals surface area contributed by atoms with Crippen molar-refractivity contribution in [2.45, 2.75) is 56.5 Å². The smallest absolute Gasteiger partial charge is 0.240 e. The number of carbonyl (C=O) groups is 1. The van der Waals surface area contributed by atoms with Crippen molar-refractivity contribution < 1.29 is 13.2 Å². The lowest BCUT2D eigenvalue weighted by molar-refractivity contribution is -0.130. The van der Waals surface area contributed by atoms with Crippen LogP contribution in [0.3, 0.4) is 0 Å². The minimum absolute atomic E-state index is 0.243. The van der Waals surface area contributed by atoms with E-state index in [0.717, 1.165) is 19.3 Å². The van der Waals surface area contributed by atoms with Gasteiger partial charge in [0.05, 0.1) is 5.25 Å². The molecule has 5 heteroatoms. The molecule has 4 nitrogen and oxygen atoms in total. The Bertz CT molecular complexity index is 625. The number of carbonyl (C=O) groups excluding carboxylic acids is 1. The van der Waals surface area contributed by atoms with Crippen LogP contribution in [0.15, 0.2) is 30.3 Å². The Labute approximate surface area is 139 Å². The third-order valence-electron chi connectivity index (χ3n) is 4.81. The third-order valence-corrected chi connectivity index (χ3v) is 7.31. The van der Waals surface area contributed by atoms with Gasteiger partial charge in [-0.15, -0.1) is 0 Å². The minimum Gasteiger partial charge on any atom is -0.342 e. The quantitative estimate of drug-likeness (QED) is 0.849. The van der Waals surface area contributed by atoms with Crippen LogP contribution in [0, 0.1) is 0 Å². The first-order valence-electron chi connectivity index (χ1n) is 8.40. The maximum Gasteiger partial charge on any atom is 0.240 e. The zero-order chi connectivity index (χ0) is 17.0. The zero-order valence-corrected chi connectivity index (χ0v) is 15.1. The number of likely N-dealkylation sites (tertiary alicyclic amines) is 1. The highest BCUT2D eigenvalue weighted by molar-refractivity contribution is 7.93. The zero-order valence-electron chi connectivity index (χ0n) is 14.2. The van der Waals surface area contributed by atoms with Crippen molar-refractivity contribution in [2.24, 2.45) is 0 Å². The molecule has 1 aliphatic rings. The van der Waals surface area contributed by atoms with E-state index in [1.807, 2.05) is 18.2 Å². The van der Waals surface area contributed by atoms with Crippen molar-refractivity contribution in [3.63, 3.8) is 0 Å². The number of hydrogen-bond acceptors (Lipinski definition) is 3. The van der Waals surface area contributed by atoms with Crippen molar-refractivity contribution >= 4 is 15.7 Å². The Morgan fingerprint density at radius 3 is 2.35 bits per heavy atom. The molecule has 128 valence electrons. The van der Waals surface area contributed by atoms with Crippen molar-refractivity contribution in [1.29, 1.82) is 0 Å². The van der Waals surface area contributed by atoms with Crippen LogP contribution in [0.4, 0.5) is 0 Å². The van der Waals surface area contributed by atoms with E-state index in [1.165, 1.54) is 12.5 Å². The molecule has 0 aliphatic carbocycles. The van der Waals surface area contributed by atoms with Crippen LogP contribution in [-0.4, -0.2) is 42.8 Å². The van der Waals surface area contributed by atoms with Gasteiger partial charge in [0, 0.05) is 13.1 Å². The average molecular weight is 337 g/mol. The summed E-state index contributed by atoms with van der Waals surface area (Å²) >= 11 is 0. The van der Waals surface area contributed by atoms with Crippen LogP contribution in [0.25, 0.3) is 0 Å². The fourth-order valence-corrected chi connectivity index (χ4v) is 4.43. The second-order valence-electron chi connectivity index (χ2n) is 6.64. The molecule has 1 aromatic rings. The molecule has 0 bridgehead atoms. The summed E-state index contributed by atoms with van der Waals surface area (Å²) in [5.41, 5.74) is 1.31. The maximum absolute atomic E-state index is 12.6. The van der Waals surface area contributed by atoms with E-state index in [2.05, 4.69) is 12.1 Å². The fraction of sp³-hybridized carbons (Fsp3) is 0.611. The second kappa shape index (κ2) is 7.47. The van der Waals surface area contributed by atoms with Crippen molar-refractivity contribution in [1.82, 2.24) is 4.90 Å².